The second-order valence-corrected chi connectivity index (χ2v) is 4.15. The van der Waals surface area contributed by atoms with E-state index in [-0.39, 0.29) is 0 Å². The highest BCUT2D eigenvalue weighted by molar-refractivity contribution is 5.71. The van der Waals surface area contributed by atoms with Crippen molar-refractivity contribution in [1.29, 1.82) is 0 Å². The van der Waals surface area contributed by atoms with Gasteiger partial charge in [-0.1, -0.05) is 0 Å². The van der Waals surface area contributed by atoms with Gasteiger partial charge < -0.3 is 19.5 Å². The molecule has 2 rings (SSSR count). The first-order valence-electron chi connectivity index (χ1n) is 6.29. The Morgan fingerprint density at radius 1 is 1.15 bits per heavy atom. The van der Waals surface area contributed by atoms with Gasteiger partial charge in [0.1, 0.15) is 17.3 Å². The number of ether oxygens (including phenoxy) is 3. The SMILES string of the molecule is COCCNc1cc(-c2cc(OC)ccc2OC)[nH]n1. The molecule has 0 aliphatic carbocycles. The van der Waals surface area contributed by atoms with Crippen LogP contribution in [0.2, 0.25) is 0 Å². The standard InChI is InChI=1S/C14H19N3O3/c1-18-7-6-15-14-9-12(16-17-14)11-8-10(19-2)4-5-13(11)20-3/h4-5,8-9H,6-7H2,1-3H3,(H2,15,16,17). The lowest BCUT2D eigenvalue weighted by Gasteiger charge is -2.08. The Kier molecular flexibility index (Phi) is 4.84. The number of H-pyrrole nitrogens is 1. The van der Waals surface area contributed by atoms with E-state index in [9.17, 15) is 0 Å². The zero-order valence-corrected chi connectivity index (χ0v) is 11.9. The quantitative estimate of drug-likeness (QED) is 0.759. The molecule has 108 valence electrons. The molecule has 20 heavy (non-hydrogen) atoms. The maximum Gasteiger partial charge on any atom is 0.148 e. The molecule has 1 aromatic carbocycles. The topological polar surface area (TPSA) is 68.4 Å². The molecule has 0 saturated carbocycles. The normalized spacial score (nSPS) is 10.3. The Bertz CT molecular complexity index is 554. The molecule has 0 saturated heterocycles. The summed E-state index contributed by atoms with van der Waals surface area (Å²) in [5.74, 6) is 2.30. The third-order valence-corrected chi connectivity index (χ3v) is 2.89. The fourth-order valence-corrected chi connectivity index (χ4v) is 1.86. The number of nitrogens with zero attached hydrogens (tertiary/aromatic N) is 1. The van der Waals surface area contributed by atoms with Crippen LogP contribution in [0.5, 0.6) is 11.5 Å². The Balaban J connectivity index is 2.22. The molecule has 0 aliphatic rings. The fourth-order valence-electron chi connectivity index (χ4n) is 1.86. The van der Waals surface area contributed by atoms with Gasteiger partial charge in [-0.05, 0) is 18.2 Å². The molecule has 6 nitrogen and oxygen atoms in total. The maximum atomic E-state index is 5.36. The largest absolute Gasteiger partial charge is 0.497 e. The first-order valence-corrected chi connectivity index (χ1v) is 6.29. The van der Waals surface area contributed by atoms with Crippen LogP contribution in [-0.4, -0.2) is 44.7 Å². The van der Waals surface area contributed by atoms with Gasteiger partial charge in [-0.25, -0.2) is 0 Å². The molecule has 1 aromatic heterocycles. The van der Waals surface area contributed by atoms with Crippen LogP contribution < -0.4 is 14.8 Å². The van der Waals surface area contributed by atoms with Crippen LogP contribution in [0.3, 0.4) is 0 Å². The van der Waals surface area contributed by atoms with Gasteiger partial charge in [0.15, 0.2) is 0 Å². The Morgan fingerprint density at radius 3 is 2.70 bits per heavy atom. The van der Waals surface area contributed by atoms with Crippen molar-refractivity contribution in [3.8, 4) is 22.8 Å². The third-order valence-electron chi connectivity index (χ3n) is 2.89. The van der Waals surface area contributed by atoms with Crippen molar-refractivity contribution in [3.05, 3.63) is 24.3 Å². The molecule has 1 heterocycles. The minimum absolute atomic E-state index is 0.630. The zero-order chi connectivity index (χ0) is 14.4. The summed E-state index contributed by atoms with van der Waals surface area (Å²) in [5, 5.41) is 10.4. The van der Waals surface area contributed by atoms with Crippen molar-refractivity contribution in [3.63, 3.8) is 0 Å². The molecule has 0 atom stereocenters. The molecule has 0 radical (unpaired) electrons. The highest BCUT2D eigenvalue weighted by Crippen LogP contribution is 2.33. The van der Waals surface area contributed by atoms with Crippen LogP contribution in [0.25, 0.3) is 11.3 Å². The summed E-state index contributed by atoms with van der Waals surface area (Å²) < 4.78 is 15.6. The zero-order valence-electron chi connectivity index (χ0n) is 11.9. The van der Waals surface area contributed by atoms with Gasteiger partial charge >= 0.3 is 0 Å². The van der Waals surface area contributed by atoms with Crippen molar-refractivity contribution in [1.82, 2.24) is 10.2 Å². The summed E-state index contributed by atoms with van der Waals surface area (Å²) in [4.78, 5) is 0. The van der Waals surface area contributed by atoms with Crippen molar-refractivity contribution in [2.24, 2.45) is 0 Å². The van der Waals surface area contributed by atoms with Crippen molar-refractivity contribution in [2.75, 3.05) is 39.8 Å². The molecule has 0 aliphatic heterocycles. The maximum absolute atomic E-state index is 5.36. The van der Waals surface area contributed by atoms with Crippen LogP contribution in [0, 0.1) is 0 Å². The van der Waals surface area contributed by atoms with Crippen LogP contribution in [0.15, 0.2) is 24.3 Å². The van der Waals surface area contributed by atoms with E-state index in [1.807, 2.05) is 24.3 Å². The number of hydrogen-bond acceptors (Lipinski definition) is 5. The number of aromatic amines is 1. The molecular formula is C14H19N3O3. The van der Waals surface area contributed by atoms with Gasteiger partial charge in [0.2, 0.25) is 0 Å². The first-order chi connectivity index (χ1) is 9.78. The minimum atomic E-state index is 0.630. The molecule has 6 heteroatoms. The summed E-state index contributed by atoms with van der Waals surface area (Å²) >= 11 is 0. The number of nitrogens with one attached hydrogen (secondary N) is 2. The number of methoxy groups -OCH3 is 3. The van der Waals surface area contributed by atoms with Crippen LogP contribution >= 0.6 is 0 Å². The van der Waals surface area contributed by atoms with E-state index < -0.39 is 0 Å². The van der Waals surface area contributed by atoms with E-state index >= 15 is 0 Å². The van der Waals surface area contributed by atoms with Gasteiger partial charge in [0.25, 0.3) is 0 Å². The lowest BCUT2D eigenvalue weighted by Crippen LogP contribution is -2.07. The molecule has 2 N–H and O–H groups in total. The lowest BCUT2D eigenvalue weighted by atomic mass is 10.1. The molecule has 0 unspecified atom stereocenters. The molecule has 0 spiro atoms. The number of aromatic nitrogens is 2. The second-order valence-electron chi connectivity index (χ2n) is 4.15. The van der Waals surface area contributed by atoms with Gasteiger partial charge in [-0.3, -0.25) is 5.10 Å². The molecule has 0 bridgehead atoms. The first kappa shape index (κ1) is 14.2. The summed E-state index contributed by atoms with van der Waals surface area (Å²) in [5.41, 5.74) is 1.76. The Morgan fingerprint density at radius 2 is 2.00 bits per heavy atom. The van der Waals surface area contributed by atoms with Gasteiger partial charge in [0.05, 0.1) is 26.5 Å². The van der Waals surface area contributed by atoms with Crippen molar-refractivity contribution >= 4 is 5.82 Å². The summed E-state index contributed by atoms with van der Waals surface area (Å²) in [7, 11) is 4.94. The van der Waals surface area contributed by atoms with E-state index in [1.54, 1.807) is 21.3 Å². The van der Waals surface area contributed by atoms with E-state index in [0.717, 1.165) is 28.6 Å². The van der Waals surface area contributed by atoms with E-state index in [0.29, 0.717) is 13.2 Å². The molecular weight excluding hydrogens is 258 g/mol. The summed E-state index contributed by atoms with van der Waals surface area (Å²) in [6, 6.07) is 7.56. The number of rotatable bonds is 7. The summed E-state index contributed by atoms with van der Waals surface area (Å²) in [6.45, 7) is 1.33. The number of anilines is 1. The van der Waals surface area contributed by atoms with Crippen LogP contribution in [0.4, 0.5) is 5.82 Å². The van der Waals surface area contributed by atoms with Crippen molar-refractivity contribution in [2.45, 2.75) is 0 Å². The highest BCUT2D eigenvalue weighted by Gasteiger charge is 2.10. The average Bonchev–Trinajstić information content (AvgIpc) is 2.95. The van der Waals surface area contributed by atoms with E-state index in [2.05, 4.69) is 15.5 Å². The predicted octanol–water partition coefficient (Wildman–Crippen LogP) is 2.15. The Labute approximate surface area is 118 Å². The van der Waals surface area contributed by atoms with E-state index in [4.69, 9.17) is 14.2 Å². The van der Waals surface area contributed by atoms with Crippen molar-refractivity contribution < 1.29 is 14.2 Å². The fraction of sp³-hybridized carbons (Fsp3) is 0.357. The monoisotopic (exact) mass is 277 g/mol. The van der Waals surface area contributed by atoms with Crippen LogP contribution in [0.1, 0.15) is 0 Å². The minimum Gasteiger partial charge on any atom is -0.497 e. The second kappa shape index (κ2) is 6.81. The number of hydrogen-bond donors (Lipinski definition) is 2. The van der Waals surface area contributed by atoms with E-state index in [1.165, 1.54) is 0 Å². The third kappa shape index (κ3) is 3.21. The Hall–Kier alpha value is -2.21. The van der Waals surface area contributed by atoms with Gasteiger partial charge in [-0.15, -0.1) is 0 Å². The lowest BCUT2D eigenvalue weighted by molar-refractivity contribution is 0.210. The molecule has 0 amide bonds. The average molecular weight is 277 g/mol. The van der Waals surface area contributed by atoms with Gasteiger partial charge in [-0.2, -0.15) is 5.10 Å². The van der Waals surface area contributed by atoms with Crippen LogP contribution in [-0.2, 0) is 4.74 Å². The smallest absolute Gasteiger partial charge is 0.148 e. The summed E-state index contributed by atoms with van der Waals surface area (Å²) in [6.07, 6.45) is 0. The van der Waals surface area contributed by atoms with Gasteiger partial charge in [0, 0.05) is 25.3 Å². The molecule has 2 aromatic rings. The molecule has 0 fully saturated rings. The predicted molar refractivity (Wildman–Crippen MR) is 77.5 cm³/mol. The highest BCUT2D eigenvalue weighted by atomic mass is 16.5. The number of benzene rings is 1.